The Labute approximate surface area is 158 Å². The highest BCUT2D eigenvalue weighted by Gasteiger charge is 2.19. The summed E-state index contributed by atoms with van der Waals surface area (Å²) in [5.41, 5.74) is 6.83. The van der Waals surface area contributed by atoms with E-state index >= 15 is 0 Å². The van der Waals surface area contributed by atoms with Gasteiger partial charge in [0.2, 0.25) is 0 Å². The van der Waals surface area contributed by atoms with Crippen molar-refractivity contribution in [1.29, 1.82) is 0 Å². The van der Waals surface area contributed by atoms with Gasteiger partial charge >= 0.3 is 6.09 Å². The third-order valence-corrected chi connectivity index (χ3v) is 3.50. The first kappa shape index (κ1) is 20.5. The fraction of sp³-hybridized carbons (Fsp3) is 0.350. The molecular weight excluding hydrogens is 351 g/mol. The lowest BCUT2D eigenvalue weighted by molar-refractivity contribution is 0.0636. The van der Waals surface area contributed by atoms with Crippen LogP contribution in [0.15, 0.2) is 36.4 Å². The Balaban J connectivity index is 2.39. The van der Waals surface area contributed by atoms with E-state index in [9.17, 15) is 9.18 Å². The maximum atomic E-state index is 14.3. The maximum absolute atomic E-state index is 14.3. The molecule has 6 nitrogen and oxygen atoms in total. The fourth-order valence-electron chi connectivity index (χ4n) is 2.36. The molecule has 1 amide bonds. The van der Waals surface area contributed by atoms with Crippen molar-refractivity contribution in [3.63, 3.8) is 0 Å². The highest BCUT2D eigenvalue weighted by molar-refractivity contribution is 5.92. The molecule has 0 aliphatic heterocycles. The maximum Gasteiger partial charge on any atom is 0.412 e. The van der Waals surface area contributed by atoms with Crippen LogP contribution in [0, 0.1) is 5.82 Å². The molecule has 0 aliphatic rings. The van der Waals surface area contributed by atoms with Crippen molar-refractivity contribution < 1.29 is 23.4 Å². The van der Waals surface area contributed by atoms with Gasteiger partial charge in [-0.3, -0.25) is 5.32 Å². The van der Waals surface area contributed by atoms with Gasteiger partial charge in [0, 0.05) is 24.3 Å². The predicted octanol–water partition coefficient (Wildman–Crippen LogP) is 4.45. The monoisotopic (exact) mass is 376 g/mol. The molecule has 2 rings (SSSR count). The largest absolute Gasteiger partial charge is 0.490 e. The number of hydrogen-bond donors (Lipinski definition) is 2. The minimum Gasteiger partial charge on any atom is -0.490 e. The van der Waals surface area contributed by atoms with E-state index in [4.69, 9.17) is 19.9 Å². The van der Waals surface area contributed by atoms with Crippen LogP contribution in [0.4, 0.5) is 20.6 Å². The molecule has 0 atom stereocenters. The summed E-state index contributed by atoms with van der Waals surface area (Å²) in [5.74, 6) is -0.0289. The number of anilines is 2. The highest BCUT2D eigenvalue weighted by Crippen LogP contribution is 2.37. The van der Waals surface area contributed by atoms with Gasteiger partial charge in [-0.15, -0.1) is 0 Å². The lowest BCUT2D eigenvalue weighted by Crippen LogP contribution is -2.27. The number of nitrogen functional groups attached to an aromatic ring is 1. The summed E-state index contributed by atoms with van der Waals surface area (Å²) in [6.07, 6.45) is -0.643. The number of halogens is 1. The van der Waals surface area contributed by atoms with Crippen molar-refractivity contribution in [3.05, 3.63) is 42.2 Å². The molecule has 3 N–H and O–H groups in total. The molecule has 2 aromatic rings. The minimum atomic E-state index is -0.649. The lowest BCUT2D eigenvalue weighted by Gasteiger charge is -2.21. The average molecular weight is 376 g/mol. The first-order chi connectivity index (χ1) is 12.7. The molecule has 0 radical (unpaired) electrons. The van der Waals surface area contributed by atoms with E-state index in [0.29, 0.717) is 29.2 Å². The zero-order valence-electron chi connectivity index (χ0n) is 16.0. The zero-order chi connectivity index (χ0) is 20.0. The van der Waals surface area contributed by atoms with E-state index in [1.54, 1.807) is 58.2 Å². The van der Waals surface area contributed by atoms with Crippen LogP contribution in [-0.4, -0.2) is 32.0 Å². The summed E-state index contributed by atoms with van der Waals surface area (Å²) in [4.78, 5) is 12.1. The first-order valence-electron chi connectivity index (χ1n) is 8.51. The number of carbonyl (C=O) groups excluding carboxylic acids is 1. The smallest absolute Gasteiger partial charge is 0.412 e. The molecule has 0 saturated carbocycles. The third kappa shape index (κ3) is 5.86. The van der Waals surface area contributed by atoms with E-state index in [1.807, 2.05) is 0 Å². The summed E-state index contributed by atoms with van der Waals surface area (Å²) in [7, 11) is 1.56. The van der Waals surface area contributed by atoms with Crippen molar-refractivity contribution >= 4 is 17.5 Å². The highest BCUT2D eigenvalue weighted by atomic mass is 19.1. The Morgan fingerprint density at radius 1 is 1.15 bits per heavy atom. The molecule has 0 aliphatic carbocycles. The molecule has 146 valence electrons. The van der Waals surface area contributed by atoms with Crippen LogP contribution in [0.25, 0.3) is 11.1 Å². The number of nitrogens with one attached hydrogen (secondary N) is 1. The second kappa shape index (κ2) is 8.73. The van der Waals surface area contributed by atoms with Gasteiger partial charge in [0.05, 0.1) is 18.0 Å². The Morgan fingerprint density at radius 2 is 1.85 bits per heavy atom. The van der Waals surface area contributed by atoms with Crippen LogP contribution in [0.2, 0.25) is 0 Å². The van der Waals surface area contributed by atoms with Crippen LogP contribution in [0.5, 0.6) is 5.75 Å². The lowest BCUT2D eigenvalue weighted by atomic mass is 10.0. The zero-order valence-corrected chi connectivity index (χ0v) is 16.0. The van der Waals surface area contributed by atoms with Gasteiger partial charge in [-0.25, -0.2) is 9.18 Å². The third-order valence-electron chi connectivity index (χ3n) is 3.50. The molecule has 0 unspecified atom stereocenters. The molecule has 0 saturated heterocycles. The van der Waals surface area contributed by atoms with Crippen LogP contribution < -0.4 is 15.8 Å². The Morgan fingerprint density at radius 3 is 2.48 bits per heavy atom. The van der Waals surface area contributed by atoms with Crippen molar-refractivity contribution in [3.8, 4) is 16.9 Å². The normalized spacial score (nSPS) is 11.1. The molecular formula is C20H25FN2O4. The molecule has 0 spiro atoms. The summed E-state index contributed by atoms with van der Waals surface area (Å²) in [6.45, 7) is 5.90. The fourth-order valence-corrected chi connectivity index (χ4v) is 2.36. The molecule has 7 heteroatoms. The quantitative estimate of drug-likeness (QED) is 0.575. The topological polar surface area (TPSA) is 82.8 Å². The standard InChI is InChI=1S/C20H25FN2O4/c1-20(2,3)27-19(24)23-17-12-18(26-10-9-25-4)14(11-16(17)22)13-7-5-6-8-15(13)21/h5-8,11-12H,9-10,22H2,1-4H3,(H,23,24). The van der Waals surface area contributed by atoms with E-state index in [0.717, 1.165) is 0 Å². The van der Waals surface area contributed by atoms with Gasteiger partial charge in [-0.05, 0) is 32.9 Å². The number of ether oxygens (including phenoxy) is 3. The summed E-state index contributed by atoms with van der Waals surface area (Å²) in [6, 6.07) is 9.43. The minimum absolute atomic E-state index is 0.258. The molecule has 0 heterocycles. The number of amides is 1. The van der Waals surface area contributed by atoms with Crippen molar-refractivity contribution in [2.45, 2.75) is 26.4 Å². The number of methoxy groups -OCH3 is 1. The first-order valence-corrected chi connectivity index (χ1v) is 8.51. The second-order valence-electron chi connectivity index (χ2n) is 6.88. The average Bonchev–Trinajstić information content (AvgIpc) is 2.56. The van der Waals surface area contributed by atoms with Gasteiger partial charge in [-0.1, -0.05) is 18.2 Å². The summed E-state index contributed by atoms with van der Waals surface area (Å²) >= 11 is 0. The second-order valence-corrected chi connectivity index (χ2v) is 6.88. The number of benzene rings is 2. The molecule has 0 bridgehead atoms. The number of rotatable bonds is 6. The number of carbonyl (C=O) groups is 1. The summed E-state index contributed by atoms with van der Waals surface area (Å²) in [5, 5.41) is 2.60. The Hall–Kier alpha value is -2.80. The number of hydrogen-bond acceptors (Lipinski definition) is 5. The van der Waals surface area contributed by atoms with Gasteiger partial charge in [0.1, 0.15) is 23.8 Å². The number of nitrogens with two attached hydrogens (primary N) is 1. The van der Waals surface area contributed by atoms with Crippen molar-refractivity contribution in [2.75, 3.05) is 31.4 Å². The van der Waals surface area contributed by atoms with E-state index in [-0.39, 0.29) is 12.3 Å². The van der Waals surface area contributed by atoms with Gasteiger partial charge in [-0.2, -0.15) is 0 Å². The van der Waals surface area contributed by atoms with Crippen LogP contribution >= 0.6 is 0 Å². The molecule has 2 aromatic carbocycles. The molecule has 0 fully saturated rings. The SMILES string of the molecule is COCCOc1cc(NC(=O)OC(C)(C)C)c(N)cc1-c1ccccc1F. The van der Waals surface area contributed by atoms with Crippen LogP contribution in [0.1, 0.15) is 20.8 Å². The van der Waals surface area contributed by atoms with Crippen LogP contribution in [0.3, 0.4) is 0 Å². The molecule has 0 aromatic heterocycles. The predicted molar refractivity (Wildman–Crippen MR) is 103 cm³/mol. The van der Waals surface area contributed by atoms with Crippen molar-refractivity contribution in [1.82, 2.24) is 0 Å². The van der Waals surface area contributed by atoms with E-state index in [1.165, 1.54) is 6.07 Å². The summed E-state index contributed by atoms with van der Waals surface area (Å²) < 4.78 is 30.2. The van der Waals surface area contributed by atoms with Gasteiger partial charge in [0.15, 0.2) is 0 Å². The molecule has 27 heavy (non-hydrogen) atoms. The van der Waals surface area contributed by atoms with Gasteiger partial charge < -0.3 is 19.9 Å². The van der Waals surface area contributed by atoms with Crippen LogP contribution in [-0.2, 0) is 9.47 Å². The van der Waals surface area contributed by atoms with E-state index in [2.05, 4.69) is 5.32 Å². The Bertz CT molecular complexity index is 803. The Kier molecular flexibility index (Phi) is 6.63. The van der Waals surface area contributed by atoms with E-state index < -0.39 is 17.5 Å². The van der Waals surface area contributed by atoms with Crippen molar-refractivity contribution in [2.24, 2.45) is 0 Å². The van der Waals surface area contributed by atoms with Gasteiger partial charge in [0.25, 0.3) is 0 Å².